The molecule has 3 heterocycles. The largest absolute Gasteiger partial charge is 0.496 e. The van der Waals surface area contributed by atoms with Crippen LogP contribution < -0.4 is 4.74 Å². The van der Waals surface area contributed by atoms with E-state index in [4.69, 9.17) is 21.1 Å². The van der Waals surface area contributed by atoms with E-state index in [2.05, 4.69) is 10.2 Å². The van der Waals surface area contributed by atoms with Crippen LogP contribution in [-0.4, -0.2) is 59.0 Å². The molecule has 2 aliphatic rings. The second kappa shape index (κ2) is 7.13. The van der Waals surface area contributed by atoms with Crippen LogP contribution in [0.4, 0.5) is 0 Å². The van der Waals surface area contributed by atoms with Crippen LogP contribution in [0.15, 0.2) is 24.5 Å². The second-order valence-corrected chi connectivity index (χ2v) is 7.79. The summed E-state index contributed by atoms with van der Waals surface area (Å²) in [6, 6.07) is 5.13. The number of hydrogen-bond donors (Lipinski definition) is 0. The number of likely N-dealkylation sites (tertiary alicyclic amines) is 1. The van der Waals surface area contributed by atoms with E-state index >= 15 is 0 Å². The maximum Gasteiger partial charge on any atom is 0.257 e. The van der Waals surface area contributed by atoms with Gasteiger partial charge in [0.2, 0.25) is 0 Å². The predicted molar refractivity (Wildman–Crippen MR) is 100 cm³/mol. The number of ether oxygens (including phenoxy) is 2. The molecule has 2 aromatic rings. The third-order valence-corrected chi connectivity index (χ3v) is 6.11. The lowest BCUT2D eigenvalue weighted by molar-refractivity contribution is 0.0108. The molecule has 0 saturated carbocycles. The Morgan fingerprint density at radius 2 is 2.15 bits per heavy atom. The first kappa shape index (κ1) is 18.3. The number of nitrogens with zero attached hydrogens (tertiary/aromatic N) is 4. The lowest BCUT2D eigenvalue weighted by Gasteiger charge is -2.37. The SMILES string of the molecule is COc1ccc(Cl)cc1C(=O)N1CC(c2nncn2C)C2(CCOCC2)C1. The summed E-state index contributed by atoms with van der Waals surface area (Å²) in [5.74, 6) is 1.52. The Balaban J connectivity index is 1.68. The third kappa shape index (κ3) is 3.19. The Kier molecular flexibility index (Phi) is 4.82. The molecule has 2 saturated heterocycles. The maximum atomic E-state index is 13.3. The Morgan fingerprint density at radius 3 is 2.81 bits per heavy atom. The van der Waals surface area contributed by atoms with Crippen molar-refractivity contribution in [2.75, 3.05) is 33.4 Å². The van der Waals surface area contributed by atoms with E-state index in [-0.39, 0.29) is 17.2 Å². The number of rotatable bonds is 3. The molecule has 1 aromatic heterocycles. The Bertz CT molecular complexity index is 847. The summed E-state index contributed by atoms with van der Waals surface area (Å²) in [5, 5.41) is 8.92. The standard InChI is InChI=1S/C19H23ClN4O3/c1-23-12-21-22-17(23)15-10-24(11-19(15)5-7-27-8-6-19)18(25)14-9-13(20)3-4-16(14)26-2/h3-4,9,12,15H,5-8,10-11H2,1-2H3. The molecular formula is C19H23ClN4O3. The minimum Gasteiger partial charge on any atom is -0.496 e. The molecule has 2 fully saturated rings. The maximum absolute atomic E-state index is 13.3. The molecule has 1 unspecified atom stereocenters. The number of carbonyl (C=O) groups excluding carboxylic acids is 1. The molecule has 0 bridgehead atoms. The summed E-state index contributed by atoms with van der Waals surface area (Å²) in [4.78, 5) is 15.2. The number of carbonyl (C=O) groups is 1. The van der Waals surface area contributed by atoms with Crippen LogP contribution in [-0.2, 0) is 11.8 Å². The van der Waals surface area contributed by atoms with Gasteiger partial charge in [-0.05, 0) is 31.0 Å². The van der Waals surface area contributed by atoms with Crippen molar-refractivity contribution in [2.24, 2.45) is 12.5 Å². The van der Waals surface area contributed by atoms with E-state index in [9.17, 15) is 4.79 Å². The minimum atomic E-state index is -0.0649. The van der Waals surface area contributed by atoms with Crippen molar-refractivity contribution < 1.29 is 14.3 Å². The fourth-order valence-corrected chi connectivity index (χ4v) is 4.56. The van der Waals surface area contributed by atoms with Crippen LogP contribution >= 0.6 is 11.6 Å². The quantitative estimate of drug-likeness (QED) is 0.805. The van der Waals surface area contributed by atoms with Crippen molar-refractivity contribution in [1.82, 2.24) is 19.7 Å². The number of aromatic nitrogens is 3. The monoisotopic (exact) mass is 390 g/mol. The normalized spacial score (nSPS) is 21.6. The third-order valence-electron chi connectivity index (χ3n) is 5.87. The summed E-state index contributed by atoms with van der Waals surface area (Å²) in [6.07, 6.45) is 3.52. The topological polar surface area (TPSA) is 69.5 Å². The highest BCUT2D eigenvalue weighted by Crippen LogP contribution is 2.49. The number of benzene rings is 1. The van der Waals surface area contributed by atoms with Gasteiger partial charge in [-0.2, -0.15) is 0 Å². The highest BCUT2D eigenvalue weighted by molar-refractivity contribution is 6.31. The van der Waals surface area contributed by atoms with Crippen LogP contribution in [0.5, 0.6) is 5.75 Å². The Morgan fingerprint density at radius 1 is 1.37 bits per heavy atom. The van der Waals surface area contributed by atoms with Crippen molar-refractivity contribution in [2.45, 2.75) is 18.8 Å². The van der Waals surface area contributed by atoms with Gasteiger partial charge in [-0.15, -0.1) is 10.2 Å². The fraction of sp³-hybridized carbons (Fsp3) is 0.526. The van der Waals surface area contributed by atoms with Gasteiger partial charge in [-0.3, -0.25) is 4.79 Å². The lowest BCUT2D eigenvalue weighted by atomic mass is 9.72. The Hall–Kier alpha value is -2.12. The zero-order valence-corrected chi connectivity index (χ0v) is 16.3. The van der Waals surface area contributed by atoms with E-state index in [1.807, 2.05) is 16.5 Å². The van der Waals surface area contributed by atoms with Crippen LogP contribution in [0.2, 0.25) is 5.02 Å². The van der Waals surface area contributed by atoms with Crippen molar-refractivity contribution >= 4 is 17.5 Å². The predicted octanol–water partition coefficient (Wildman–Crippen LogP) is 2.51. The molecule has 144 valence electrons. The van der Waals surface area contributed by atoms with E-state index in [1.165, 1.54) is 0 Å². The average Bonchev–Trinajstić information content (AvgIpc) is 3.25. The van der Waals surface area contributed by atoms with Gasteiger partial charge in [0.1, 0.15) is 17.9 Å². The van der Waals surface area contributed by atoms with Crippen LogP contribution in [0, 0.1) is 5.41 Å². The summed E-state index contributed by atoms with van der Waals surface area (Å²) >= 11 is 6.13. The van der Waals surface area contributed by atoms with Crippen molar-refractivity contribution in [3.63, 3.8) is 0 Å². The zero-order valence-electron chi connectivity index (χ0n) is 15.5. The van der Waals surface area contributed by atoms with E-state index in [0.717, 1.165) is 18.7 Å². The van der Waals surface area contributed by atoms with Crippen molar-refractivity contribution in [1.29, 1.82) is 0 Å². The number of hydrogen-bond acceptors (Lipinski definition) is 5. The Labute approximate surface area is 163 Å². The molecule has 8 heteroatoms. The van der Waals surface area contributed by atoms with Gasteiger partial charge < -0.3 is 18.9 Å². The lowest BCUT2D eigenvalue weighted by Crippen LogP contribution is -2.37. The van der Waals surface area contributed by atoms with Gasteiger partial charge in [0.25, 0.3) is 5.91 Å². The number of methoxy groups -OCH3 is 1. The highest BCUT2D eigenvalue weighted by Gasteiger charge is 2.51. The van der Waals surface area contributed by atoms with E-state index in [0.29, 0.717) is 42.6 Å². The molecular weight excluding hydrogens is 368 g/mol. The van der Waals surface area contributed by atoms with Gasteiger partial charge in [-0.1, -0.05) is 11.6 Å². The molecule has 1 spiro atoms. The van der Waals surface area contributed by atoms with Gasteiger partial charge in [0, 0.05) is 49.7 Å². The summed E-state index contributed by atoms with van der Waals surface area (Å²) in [7, 11) is 3.51. The minimum absolute atomic E-state index is 0.0412. The smallest absolute Gasteiger partial charge is 0.257 e. The summed E-state index contributed by atoms with van der Waals surface area (Å²) < 4.78 is 12.9. The molecule has 1 aromatic carbocycles. The molecule has 27 heavy (non-hydrogen) atoms. The molecule has 0 radical (unpaired) electrons. The molecule has 7 nitrogen and oxygen atoms in total. The van der Waals surface area contributed by atoms with Crippen molar-refractivity contribution in [3.05, 3.63) is 40.9 Å². The summed E-state index contributed by atoms with van der Waals surface area (Å²) in [5.41, 5.74) is 0.450. The van der Waals surface area contributed by atoms with Gasteiger partial charge in [0.05, 0.1) is 12.7 Å². The molecule has 0 N–H and O–H groups in total. The van der Waals surface area contributed by atoms with E-state index < -0.39 is 0 Å². The van der Waals surface area contributed by atoms with Crippen LogP contribution in [0.25, 0.3) is 0 Å². The summed E-state index contributed by atoms with van der Waals surface area (Å²) in [6.45, 7) is 2.68. The first-order valence-corrected chi connectivity index (χ1v) is 9.46. The molecule has 0 aliphatic carbocycles. The second-order valence-electron chi connectivity index (χ2n) is 7.36. The molecule has 1 amide bonds. The van der Waals surface area contributed by atoms with Crippen molar-refractivity contribution in [3.8, 4) is 5.75 Å². The number of amides is 1. The molecule has 1 atom stereocenters. The highest BCUT2D eigenvalue weighted by atomic mass is 35.5. The van der Waals surface area contributed by atoms with Gasteiger partial charge in [0.15, 0.2) is 0 Å². The van der Waals surface area contributed by atoms with Crippen LogP contribution in [0.3, 0.4) is 0 Å². The number of halogens is 1. The first-order chi connectivity index (χ1) is 13.0. The van der Waals surface area contributed by atoms with Gasteiger partial charge >= 0.3 is 0 Å². The molecule has 4 rings (SSSR count). The number of aryl methyl sites for hydroxylation is 1. The first-order valence-electron chi connectivity index (χ1n) is 9.08. The van der Waals surface area contributed by atoms with Gasteiger partial charge in [-0.25, -0.2) is 0 Å². The van der Waals surface area contributed by atoms with Crippen LogP contribution in [0.1, 0.15) is 34.9 Å². The zero-order chi connectivity index (χ0) is 19.0. The molecule has 2 aliphatic heterocycles. The fourth-order valence-electron chi connectivity index (χ4n) is 4.39. The van der Waals surface area contributed by atoms with E-state index in [1.54, 1.807) is 31.6 Å². The average molecular weight is 391 g/mol.